The van der Waals surface area contributed by atoms with Gasteiger partial charge in [0.2, 0.25) is 0 Å². The first-order chi connectivity index (χ1) is 8.51. The van der Waals surface area contributed by atoms with E-state index in [0.29, 0.717) is 12.9 Å². The SMILES string of the molecule is CCOC(=O)C(N)CC=O.Clc1ccc(I)cc1. The Kier molecular flexibility index (Phi) is 9.90. The maximum atomic E-state index is 10.6. The van der Waals surface area contributed by atoms with Crippen LogP contribution >= 0.6 is 34.2 Å². The summed E-state index contributed by atoms with van der Waals surface area (Å²) in [5.41, 5.74) is 5.21. The molecule has 18 heavy (non-hydrogen) atoms. The molecule has 100 valence electrons. The molecule has 1 rings (SSSR count). The summed E-state index contributed by atoms with van der Waals surface area (Å²) in [6.07, 6.45) is 0.625. The number of nitrogens with two attached hydrogens (primary N) is 1. The van der Waals surface area contributed by atoms with E-state index >= 15 is 0 Å². The molecule has 2 N–H and O–H groups in total. The van der Waals surface area contributed by atoms with E-state index in [2.05, 4.69) is 27.3 Å². The molecule has 0 amide bonds. The number of carbonyl (C=O) groups excluding carboxylic acids is 2. The molecule has 1 aromatic rings. The van der Waals surface area contributed by atoms with Crippen LogP contribution in [0.1, 0.15) is 13.3 Å². The summed E-state index contributed by atoms with van der Waals surface area (Å²) in [5.74, 6) is -0.519. The average molecular weight is 384 g/mol. The van der Waals surface area contributed by atoms with E-state index in [-0.39, 0.29) is 6.42 Å². The van der Waals surface area contributed by atoms with E-state index in [4.69, 9.17) is 17.3 Å². The number of carbonyl (C=O) groups is 2. The van der Waals surface area contributed by atoms with Crippen LogP contribution in [0.3, 0.4) is 0 Å². The first-order valence-electron chi connectivity index (χ1n) is 5.28. The van der Waals surface area contributed by atoms with E-state index in [9.17, 15) is 9.59 Å². The molecule has 1 aromatic carbocycles. The topological polar surface area (TPSA) is 69.4 Å². The quantitative estimate of drug-likeness (QED) is 0.492. The molecule has 0 fully saturated rings. The molecular formula is C12H15ClINO3. The third-order valence-electron chi connectivity index (χ3n) is 1.74. The summed E-state index contributed by atoms with van der Waals surface area (Å²) in [6.45, 7) is 1.98. The van der Waals surface area contributed by atoms with Crippen LogP contribution in [0, 0.1) is 3.57 Å². The van der Waals surface area contributed by atoms with Crippen molar-refractivity contribution < 1.29 is 14.3 Å². The van der Waals surface area contributed by atoms with Crippen LogP contribution in [0.25, 0.3) is 0 Å². The zero-order valence-corrected chi connectivity index (χ0v) is 12.8. The van der Waals surface area contributed by atoms with Gasteiger partial charge in [0.15, 0.2) is 0 Å². The Morgan fingerprint density at radius 1 is 1.50 bits per heavy atom. The molecule has 0 spiro atoms. The molecule has 0 bridgehead atoms. The zero-order valence-electron chi connectivity index (χ0n) is 9.94. The summed E-state index contributed by atoms with van der Waals surface area (Å²) in [7, 11) is 0. The highest BCUT2D eigenvalue weighted by atomic mass is 127. The van der Waals surface area contributed by atoms with Crippen LogP contribution in [0.5, 0.6) is 0 Å². The summed E-state index contributed by atoms with van der Waals surface area (Å²) in [5, 5.41) is 0.797. The van der Waals surface area contributed by atoms with Crippen molar-refractivity contribution in [2.24, 2.45) is 5.73 Å². The van der Waals surface area contributed by atoms with Crippen molar-refractivity contribution in [1.82, 2.24) is 0 Å². The lowest BCUT2D eigenvalue weighted by molar-refractivity contribution is -0.145. The number of rotatable bonds is 4. The smallest absolute Gasteiger partial charge is 0.323 e. The van der Waals surface area contributed by atoms with Gasteiger partial charge >= 0.3 is 5.97 Å². The molecule has 6 heteroatoms. The maximum absolute atomic E-state index is 10.6. The van der Waals surface area contributed by atoms with Crippen LogP contribution in [-0.4, -0.2) is 24.9 Å². The van der Waals surface area contributed by atoms with Gasteiger partial charge in [-0.15, -0.1) is 0 Å². The lowest BCUT2D eigenvalue weighted by Crippen LogP contribution is -2.32. The predicted molar refractivity (Wildman–Crippen MR) is 79.5 cm³/mol. The second kappa shape index (κ2) is 10.3. The van der Waals surface area contributed by atoms with E-state index in [0.717, 1.165) is 5.02 Å². The van der Waals surface area contributed by atoms with Crippen molar-refractivity contribution in [2.75, 3.05) is 6.61 Å². The third kappa shape index (κ3) is 8.43. The number of esters is 1. The fourth-order valence-corrected chi connectivity index (χ4v) is 1.36. The van der Waals surface area contributed by atoms with Gasteiger partial charge in [0, 0.05) is 15.0 Å². The first-order valence-corrected chi connectivity index (χ1v) is 6.73. The van der Waals surface area contributed by atoms with Gasteiger partial charge in [0.1, 0.15) is 12.3 Å². The van der Waals surface area contributed by atoms with Crippen LogP contribution in [0.2, 0.25) is 5.02 Å². The Labute approximate surface area is 125 Å². The minimum Gasteiger partial charge on any atom is -0.465 e. The Morgan fingerprint density at radius 3 is 2.44 bits per heavy atom. The van der Waals surface area contributed by atoms with E-state index < -0.39 is 12.0 Å². The zero-order chi connectivity index (χ0) is 14.0. The van der Waals surface area contributed by atoms with Gasteiger partial charge in [-0.3, -0.25) is 4.79 Å². The van der Waals surface area contributed by atoms with Crippen LogP contribution in [-0.2, 0) is 14.3 Å². The lowest BCUT2D eigenvalue weighted by atomic mass is 10.2. The van der Waals surface area contributed by atoms with E-state index in [1.165, 1.54) is 3.57 Å². The number of hydrogen-bond acceptors (Lipinski definition) is 4. The molecule has 1 atom stereocenters. The predicted octanol–water partition coefficient (Wildman–Crippen LogP) is 2.41. The minimum absolute atomic E-state index is 0.0266. The summed E-state index contributed by atoms with van der Waals surface area (Å²) in [4.78, 5) is 20.5. The molecule has 0 aromatic heterocycles. The molecule has 1 unspecified atom stereocenters. The minimum atomic E-state index is -0.794. The summed E-state index contributed by atoms with van der Waals surface area (Å²) in [6, 6.07) is 6.91. The highest BCUT2D eigenvalue weighted by Crippen LogP contribution is 2.10. The average Bonchev–Trinajstić information content (AvgIpc) is 2.34. The molecular weight excluding hydrogens is 368 g/mol. The number of benzene rings is 1. The molecule has 0 aliphatic carbocycles. The molecule has 0 heterocycles. The second-order valence-corrected chi connectivity index (χ2v) is 4.88. The van der Waals surface area contributed by atoms with Gasteiger partial charge in [-0.2, -0.15) is 0 Å². The van der Waals surface area contributed by atoms with Crippen molar-refractivity contribution in [1.29, 1.82) is 0 Å². The largest absolute Gasteiger partial charge is 0.465 e. The van der Waals surface area contributed by atoms with Crippen molar-refractivity contribution in [3.8, 4) is 0 Å². The Morgan fingerprint density at radius 2 is 2.06 bits per heavy atom. The van der Waals surface area contributed by atoms with Gasteiger partial charge in [-0.05, 0) is 53.8 Å². The molecule has 4 nitrogen and oxygen atoms in total. The van der Waals surface area contributed by atoms with E-state index in [1.807, 2.05) is 24.3 Å². The molecule has 0 aliphatic rings. The van der Waals surface area contributed by atoms with Gasteiger partial charge in [-0.1, -0.05) is 11.6 Å². The van der Waals surface area contributed by atoms with Gasteiger partial charge in [0.25, 0.3) is 0 Å². The third-order valence-corrected chi connectivity index (χ3v) is 2.71. The number of ether oxygens (including phenoxy) is 1. The molecule has 0 saturated carbocycles. The Hall–Kier alpha value is -0.660. The molecule has 0 radical (unpaired) electrons. The first kappa shape index (κ1) is 17.3. The highest BCUT2D eigenvalue weighted by Gasteiger charge is 2.12. The van der Waals surface area contributed by atoms with Gasteiger partial charge in [0.05, 0.1) is 6.61 Å². The fourth-order valence-electron chi connectivity index (χ4n) is 0.879. The summed E-state index contributed by atoms with van der Waals surface area (Å²) < 4.78 is 5.75. The van der Waals surface area contributed by atoms with Crippen molar-refractivity contribution >= 4 is 46.4 Å². The van der Waals surface area contributed by atoms with Crippen LogP contribution in [0.4, 0.5) is 0 Å². The maximum Gasteiger partial charge on any atom is 0.323 e. The molecule has 0 saturated heterocycles. The van der Waals surface area contributed by atoms with Crippen molar-refractivity contribution in [3.63, 3.8) is 0 Å². The number of aldehydes is 1. The lowest BCUT2D eigenvalue weighted by Gasteiger charge is -2.05. The standard InChI is InChI=1S/C6H4ClI.C6H11NO3/c7-5-1-3-6(8)4-2-5;1-2-10-6(9)5(7)3-4-8/h1-4H;4-5H,2-3,7H2,1H3. The van der Waals surface area contributed by atoms with Crippen LogP contribution in [0.15, 0.2) is 24.3 Å². The second-order valence-electron chi connectivity index (χ2n) is 3.20. The van der Waals surface area contributed by atoms with Crippen molar-refractivity contribution in [3.05, 3.63) is 32.9 Å². The highest BCUT2D eigenvalue weighted by molar-refractivity contribution is 14.1. The fraction of sp³-hybridized carbons (Fsp3) is 0.333. The Balaban J connectivity index is 0.000000327. The summed E-state index contributed by atoms with van der Waals surface area (Å²) >= 11 is 7.85. The normalized spacial score (nSPS) is 10.9. The van der Waals surface area contributed by atoms with Crippen molar-refractivity contribution in [2.45, 2.75) is 19.4 Å². The monoisotopic (exact) mass is 383 g/mol. The van der Waals surface area contributed by atoms with Crippen LogP contribution < -0.4 is 5.73 Å². The van der Waals surface area contributed by atoms with Gasteiger partial charge in [-0.25, -0.2) is 0 Å². The molecule has 0 aliphatic heterocycles. The Bertz CT molecular complexity index is 349. The number of hydrogen-bond donors (Lipinski definition) is 1. The van der Waals surface area contributed by atoms with Gasteiger partial charge < -0.3 is 15.3 Å². The number of halogens is 2. The van der Waals surface area contributed by atoms with E-state index in [1.54, 1.807) is 6.92 Å².